The van der Waals surface area contributed by atoms with Crippen LogP contribution in [0.5, 0.6) is 0 Å². The summed E-state index contributed by atoms with van der Waals surface area (Å²) in [5.41, 5.74) is 1.29. The van der Waals surface area contributed by atoms with Gasteiger partial charge in [-0.05, 0) is 49.8 Å². The van der Waals surface area contributed by atoms with Crippen molar-refractivity contribution in [3.63, 3.8) is 0 Å². The van der Waals surface area contributed by atoms with Crippen molar-refractivity contribution in [2.24, 2.45) is 5.41 Å². The van der Waals surface area contributed by atoms with E-state index >= 15 is 0 Å². The zero-order chi connectivity index (χ0) is 15.7. The van der Waals surface area contributed by atoms with Crippen LogP contribution in [0.25, 0.3) is 0 Å². The van der Waals surface area contributed by atoms with E-state index in [1.54, 1.807) is 6.07 Å². The van der Waals surface area contributed by atoms with E-state index in [1.165, 1.54) is 11.3 Å². The first-order valence-electron chi connectivity index (χ1n) is 7.56. The number of hydrogen-bond donors (Lipinski definition) is 2. The average Bonchev–Trinajstić information content (AvgIpc) is 2.90. The third-order valence-electron chi connectivity index (χ3n) is 4.09. The van der Waals surface area contributed by atoms with Crippen molar-refractivity contribution in [3.8, 4) is 0 Å². The molecule has 0 radical (unpaired) electrons. The van der Waals surface area contributed by atoms with Gasteiger partial charge in [0.1, 0.15) is 4.21 Å². The van der Waals surface area contributed by atoms with Gasteiger partial charge in [0.25, 0.3) is 0 Å². The molecule has 1 aromatic heterocycles. The summed E-state index contributed by atoms with van der Waals surface area (Å²) in [5.74, 6) is 0. The van der Waals surface area contributed by atoms with E-state index in [2.05, 4.69) is 23.9 Å². The summed E-state index contributed by atoms with van der Waals surface area (Å²) in [5, 5.41) is 3.25. The van der Waals surface area contributed by atoms with Crippen molar-refractivity contribution in [2.75, 3.05) is 6.54 Å². The third kappa shape index (κ3) is 4.28. The summed E-state index contributed by atoms with van der Waals surface area (Å²) in [6.45, 7) is 10.0. The Labute approximate surface area is 132 Å². The van der Waals surface area contributed by atoms with Crippen molar-refractivity contribution in [1.82, 2.24) is 10.0 Å². The van der Waals surface area contributed by atoms with E-state index in [1.807, 2.05) is 13.8 Å². The fourth-order valence-corrected chi connectivity index (χ4v) is 5.70. The molecule has 1 aliphatic carbocycles. The van der Waals surface area contributed by atoms with Gasteiger partial charge in [0.15, 0.2) is 0 Å². The highest BCUT2D eigenvalue weighted by molar-refractivity contribution is 7.91. The molecule has 1 saturated carbocycles. The van der Waals surface area contributed by atoms with Gasteiger partial charge in [-0.25, -0.2) is 13.1 Å². The summed E-state index contributed by atoms with van der Waals surface area (Å²) in [6.07, 6.45) is 2.93. The van der Waals surface area contributed by atoms with Crippen LogP contribution in [0.3, 0.4) is 0 Å². The Hall–Kier alpha value is -0.430. The molecular formula is C15H26N2O2S2. The fourth-order valence-electron chi connectivity index (χ4n) is 2.85. The predicted molar refractivity (Wildman–Crippen MR) is 88.2 cm³/mol. The molecule has 0 aliphatic heterocycles. The molecule has 0 bridgehead atoms. The van der Waals surface area contributed by atoms with Gasteiger partial charge < -0.3 is 5.32 Å². The zero-order valence-corrected chi connectivity index (χ0v) is 15.0. The van der Waals surface area contributed by atoms with Gasteiger partial charge in [0.05, 0.1) is 0 Å². The molecule has 0 amide bonds. The van der Waals surface area contributed by atoms with E-state index in [4.69, 9.17) is 0 Å². The highest BCUT2D eigenvalue weighted by atomic mass is 32.2. The first kappa shape index (κ1) is 16.9. The summed E-state index contributed by atoms with van der Waals surface area (Å²) in [4.78, 5) is 1.10. The van der Waals surface area contributed by atoms with E-state index in [-0.39, 0.29) is 11.5 Å². The standard InChI is InChI=1S/C15H26N2O2S2/c1-5-16-10-13-11(2)8-14(20-13)21(18,19)17-12-6-7-15(3,4)9-12/h8,12,16-17H,5-7,9-10H2,1-4H3. The van der Waals surface area contributed by atoms with Crippen LogP contribution in [0.1, 0.15) is 50.5 Å². The summed E-state index contributed by atoms with van der Waals surface area (Å²) < 4.78 is 28.4. The first-order chi connectivity index (χ1) is 9.73. The molecule has 1 fully saturated rings. The SMILES string of the molecule is CCNCc1sc(S(=O)(=O)NC2CCC(C)(C)C2)cc1C. The second-order valence-electron chi connectivity index (χ2n) is 6.68. The molecule has 2 N–H and O–H groups in total. The summed E-state index contributed by atoms with van der Waals surface area (Å²) in [6, 6.07) is 1.87. The molecule has 4 nitrogen and oxygen atoms in total. The predicted octanol–water partition coefficient (Wildman–Crippen LogP) is 3.02. The normalized spacial score (nSPS) is 21.8. The number of hydrogen-bond acceptors (Lipinski definition) is 4. The minimum atomic E-state index is -3.38. The third-order valence-corrected chi connectivity index (χ3v) is 7.32. The molecule has 120 valence electrons. The number of rotatable bonds is 6. The molecule has 2 rings (SSSR count). The average molecular weight is 331 g/mol. The maximum absolute atomic E-state index is 12.5. The largest absolute Gasteiger partial charge is 0.312 e. The molecule has 21 heavy (non-hydrogen) atoms. The molecule has 1 heterocycles. The molecule has 0 spiro atoms. The minimum absolute atomic E-state index is 0.0737. The van der Waals surface area contributed by atoms with Gasteiger partial charge in [0, 0.05) is 17.5 Å². The highest BCUT2D eigenvalue weighted by Gasteiger charge is 2.34. The van der Waals surface area contributed by atoms with Crippen molar-refractivity contribution >= 4 is 21.4 Å². The molecule has 6 heteroatoms. The topological polar surface area (TPSA) is 58.2 Å². The number of sulfonamides is 1. The fraction of sp³-hybridized carbons (Fsp3) is 0.733. The molecular weight excluding hydrogens is 304 g/mol. The van der Waals surface area contributed by atoms with Crippen LogP contribution in [-0.2, 0) is 16.6 Å². The highest BCUT2D eigenvalue weighted by Crippen LogP contribution is 2.37. The lowest BCUT2D eigenvalue weighted by atomic mass is 9.92. The maximum atomic E-state index is 12.5. The quantitative estimate of drug-likeness (QED) is 0.843. The van der Waals surface area contributed by atoms with Crippen LogP contribution in [0.2, 0.25) is 0 Å². The van der Waals surface area contributed by atoms with Crippen molar-refractivity contribution < 1.29 is 8.42 Å². The second-order valence-corrected chi connectivity index (χ2v) is 9.75. The van der Waals surface area contributed by atoms with Crippen LogP contribution in [0.15, 0.2) is 10.3 Å². The Morgan fingerprint density at radius 1 is 1.43 bits per heavy atom. The first-order valence-corrected chi connectivity index (χ1v) is 9.86. The van der Waals surface area contributed by atoms with E-state index in [0.29, 0.717) is 4.21 Å². The lowest BCUT2D eigenvalue weighted by Crippen LogP contribution is -2.33. The van der Waals surface area contributed by atoms with Gasteiger partial charge in [-0.3, -0.25) is 0 Å². The zero-order valence-electron chi connectivity index (χ0n) is 13.3. The van der Waals surface area contributed by atoms with Gasteiger partial charge >= 0.3 is 0 Å². The van der Waals surface area contributed by atoms with Crippen molar-refractivity contribution in [2.45, 2.75) is 63.8 Å². The lowest BCUT2D eigenvalue weighted by molar-refractivity contribution is 0.372. The van der Waals surface area contributed by atoms with Gasteiger partial charge in [-0.2, -0.15) is 0 Å². The van der Waals surface area contributed by atoms with E-state index in [9.17, 15) is 8.42 Å². The maximum Gasteiger partial charge on any atom is 0.250 e. The lowest BCUT2D eigenvalue weighted by Gasteiger charge is -2.17. The summed E-state index contributed by atoms with van der Waals surface area (Å²) >= 11 is 1.38. The molecule has 1 unspecified atom stereocenters. The van der Waals surface area contributed by atoms with Crippen LogP contribution >= 0.6 is 11.3 Å². The molecule has 1 aliphatic rings. The molecule has 0 saturated heterocycles. The van der Waals surface area contributed by atoms with Crippen molar-refractivity contribution in [3.05, 3.63) is 16.5 Å². The number of nitrogens with one attached hydrogen (secondary N) is 2. The Kier molecular flexibility index (Phi) is 5.13. The minimum Gasteiger partial charge on any atom is -0.312 e. The van der Waals surface area contributed by atoms with Gasteiger partial charge in [0.2, 0.25) is 10.0 Å². The van der Waals surface area contributed by atoms with Crippen LogP contribution in [0.4, 0.5) is 0 Å². The Morgan fingerprint density at radius 2 is 2.14 bits per heavy atom. The van der Waals surface area contributed by atoms with Crippen LogP contribution in [-0.4, -0.2) is 21.0 Å². The molecule has 0 aromatic carbocycles. The van der Waals surface area contributed by atoms with Gasteiger partial charge in [-0.15, -0.1) is 11.3 Å². The summed E-state index contributed by atoms with van der Waals surface area (Å²) in [7, 11) is -3.38. The van der Waals surface area contributed by atoms with E-state index in [0.717, 1.165) is 42.8 Å². The molecule has 1 aromatic rings. The van der Waals surface area contributed by atoms with Crippen LogP contribution in [0, 0.1) is 12.3 Å². The van der Waals surface area contributed by atoms with Crippen LogP contribution < -0.4 is 10.0 Å². The van der Waals surface area contributed by atoms with Crippen molar-refractivity contribution in [1.29, 1.82) is 0 Å². The Balaban J connectivity index is 2.09. The smallest absolute Gasteiger partial charge is 0.250 e. The Bertz CT molecular complexity index is 591. The Morgan fingerprint density at radius 3 is 2.71 bits per heavy atom. The molecule has 1 atom stereocenters. The monoisotopic (exact) mass is 330 g/mol. The van der Waals surface area contributed by atoms with E-state index < -0.39 is 10.0 Å². The number of thiophene rings is 1. The van der Waals surface area contributed by atoms with Gasteiger partial charge in [-0.1, -0.05) is 20.8 Å². The number of aryl methyl sites for hydroxylation is 1. The second kappa shape index (κ2) is 6.36.